The van der Waals surface area contributed by atoms with Crippen molar-refractivity contribution in [3.63, 3.8) is 0 Å². The average Bonchev–Trinajstić information content (AvgIpc) is 3.12. The molecular formula is C22H26N6O2S2. The highest BCUT2D eigenvalue weighted by Gasteiger charge is 2.33. The second kappa shape index (κ2) is 8.74. The van der Waals surface area contributed by atoms with Gasteiger partial charge in [-0.15, -0.1) is 22.7 Å². The van der Waals surface area contributed by atoms with Crippen molar-refractivity contribution in [2.45, 2.75) is 52.2 Å². The summed E-state index contributed by atoms with van der Waals surface area (Å²) in [6.07, 6.45) is 3.46. The Labute approximate surface area is 194 Å². The van der Waals surface area contributed by atoms with E-state index in [1.807, 2.05) is 27.3 Å². The van der Waals surface area contributed by atoms with Crippen molar-refractivity contribution < 1.29 is 9.59 Å². The number of aryl methyl sites for hydroxylation is 1. The molecule has 0 atom stereocenters. The molecule has 2 aliphatic rings. The van der Waals surface area contributed by atoms with Gasteiger partial charge < -0.3 is 9.80 Å². The fourth-order valence-electron chi connectivity index (χ4n) is 4.14. The van der Waals surface area contributed by atoms with E-state index in [2.05, 4.69) is 9.97 Å². The molecule has 0 unspecified atom stereocenters. The second-order valence-electron chi connectivity index (χ2n) is 8.64. The molecule has 0 bridgehead atoms. The molecule has 4 heterocycles. The first-order valence-corrected chi connectivity index (χ1v) is 12.7. The summed E-state index contributed by atoms with van der Waals surface area (Å²) in [6.45, 7) is 4.32. The molecule has 1 fully saturated rings. The van der Waals surface area contributed by atoms with Crippen LogP contribution in [-0.4, -0.2) is 55.0 Å². The summed E-state index contributed by atoms with van der Waals surface area (Å²) in [7, 11) is 1.78. The molecule has 3 aromatic heterocycles. The van der Waals surface area contributed by atoms with Crippen LogP contribution in [0.4, 0.5) is 0 Å². The van der Waals surface area contributed by atoms with Gasteiger partial charge in [0.05, 0.1) is 34.9 Å². The Kier molecular flexibility index (Phi) is 5.81. The Hall–Kier alpha value is -2.59. The van der Waals surface area contributed by atoms with Crippen molar-refractivity contribution in [3.05, 3.63) is 49.6 Å². The molecule has 32 heavy (non-hydrogen) atoms. The van der Waals surface area contributed by atoms with E-state index < -0.39 is 0 Å². The molecule has 168 valence electrons. The van der Waals surface area contributed by atoms with Gasteiger partial charge in [0.25, 0.3) is 5.91 Å². The maximum absolute atomic E-state index is 13.3. The van der Waals surface area contributed by atoms with Gasteiger partial charge in [0.1, 0.15) is 0 Å². The van der Waals surface area contributed by atoms with Crippen LogP contribution in [0.15, 0.2) is 16.3 Å². The predicted molar refractivity (Wildman–Crippen MR) is 123 cm³/mol. The molecular weight excluding hydrogens is 444 g/mol. The SMILES string of the molecule is Cc1nc(CC(=O)N2CCc3c(c(C(=O)N(C)Cc4cscn4)nn3CC3CC3)C2)cs1. The van der Waals surface area contributed by atoms with Crippen molar-refractivity contribution in [2.75, 3.05) is 13.6 Å². The monoisotopic (exact) mass is 470 g/mol. The maximum atomic E-state index is 13.3. The lowest BCUT2D eigenvalue weighted by Crippen LogP contribution is -2.38. The Morgan fingerprint density at radius 1 is 1.25 bits per heavy atom. The largest absolute Gasteiger partial charge is 0.337 e. The number of carbonyl (C=O) groups excluding carboxylic acids is 2. The quantitative estimate of drug-likeness (QED) is 0.530. The van der Waals surface area contributed by atoms with Crippen LogP contribution < -0.4 is 0 Å². The van der Waals surface area contributed by atoms with Gasteiger partial charge in [0.2, 0.25) is 5.91 Å². The fourth-order valence-corrected chi connectivity index (χ4v) is 5.30. The molecule has 10 heteroatoms. The number of amides is 2. The molecule has 0 spiro atoms. The van der Waals surface area contributed by atoms with Crippen molar-refractivity contribution in [2.24, 2.45) is 5.92 Å². The summed E-state index contributed by atoms with van der Waals surface area (Å²) < 4.78 is 2.03. The van der Waals surface area contributed by atoms with Crippen LogP contribution in [0.3, 0.4) is 0 Å². The van der Waals surface area contributed by atoms with E-state index in [0.717, 1.165) is 40.6 Å². The van der Waals surface area contributed by atoms with Gasteiger partial charge >= 0.3 is 0 Å². The van der Waals surface area contributed by atoms with Gasteiger partial charge in [-0.1, -0.05) is 0 Å². The zero-order valence-electron chi connectivity index (χ0n) is 18.3. The van der Waals surface area contributed by atoms with E-state index in [0.29, 0.717) is 37.7 Å². The zero-order chi connectivity index (χ0) is 22.2. The molecule has 1 aliphatic heterocycles. The fraction of sp³-hybridized carbons (Fsp3) is 0.500. The van der Waals surface area contributed by atoms with Crippen molar-refractivity contribution in [3.8, 4) is 0 Å². The number of hydrogen-bond donors (Lipinski definition) is 0. The third kappa shape index (κ3) is 4.47. The van der Waals surface area contributed by atoms with Crippen LogP contribution in [0.1, 0.15) is 51.0 Å². The van der Waals surface area contributed by atoms with E-state index in [-0.39, 0.29) is 11.8 Å². The third-order valence-corrected chi connectivity index (χ3v) is 7.50. The third-order valence-electron chi connectivity index (χ3n) is 6.05. The van der Waals surface area contributed by atoms with Crippen LogP contribution in [0.2, 0.25) is 0 Å². The predicted octanol–water partition coefficient (Wildman–Crippen LogP) is 2.91. The van der Waals surface area contributed by atoms with Crippen LogP contribution >= 0.6 is 22.7 Å². The molecule has 5 rings (SSSR count). The van der Waals surface area contributed by atoms with Crippen LogP contribution in [0, 0.1) is 12.8 Å². The standard InChI is InChI=1S/C22H26N6O2S2/c1-14-24-16(12-32-14)7-20(29)27-6-5-19-18(10-27)21(25-28(19)8-15-3-4-15)22(30)26(2)9-17-11-31-13-23-17/h11-13,15H,3-10H2,1-2H3. The van der Waals surface area contributed by atoms with E-state index >= 15 is 0 Å². The minimum Gasteiger partial charge on any atom is -0.337 e. The van der Waals surface area contributed by atoms with Crippen molar-refractivity contribution in [1.29, 1.82) is 0 Å². The van der Waals surface area contributed by atoms with Crippen LogP contribution in [0.5, 0.6) is 0 Å². The number of aromatic nitrogens is 4. The summed E-state index contributed by atoms with van der Waals surface area (Å²) in [5.74, 6) is 0.584. The van der Waals surface area contributed by atoms with E-state index in [1.54, 1.807) is 28.8 Å². The summed E-state index contributed by atoms with van der Waals surface area (Å²) in [5, 5.41) is 9.62. The number of carbonyl (C=O) groups is 2. The first-order chi connectivity index (χ1) is 15.5. The lowest BCUT2D eigenvalue weighted by Gasteiger charge is -2.28. The zero-order valence-corrected chi connectivity index (χ0v) is 19.9. The molecule has 0 aromatic carbocycles. The highest BCUT2D eigenvalue weighted by atomic mass is 32.1. The second-order valence-corrected chi connectivity index (χ2v) is 10.4. The van der Waals surface area contributed by atoms with E-state index in [1.165, 1.54) is 24.2 Å². The molecule has 3 aromatic rings. The number of nitrogens with zero attached hydrogens (tertiary/aromatic N) is 6. The Bertz CT molecular complexity index is 1130. The van der Waals surface area contributed by atoms with Crippen molar-refractivity contribution in [1.82, 2.24) is 29.5 Å². The Morgan fingerprint density at radius 3 is 2.78 bits per heavy atom. The molecule has 0 radical (unpaired) electrons. The first-order valence-electron chi connectivity index (χ1n) is 10.9. The van der Waals surface area contributed by atoms with Gasteiger partial charge in [-0.05, 0) is 25.7 Å². The van der Waals surface area contributed by atoms with Crippen molar-refractivity contribution >= 4 is 34.5 Å². The Balaban J connectivity index is 1.37. The van der Waals surface area contributed by atoms with Gasteiger partial charge in [0.15, 0.2) is 5.69 Å². The maximum Gasteiger partial charge on any atom is 0.274 e. The normalized spacial score (nSPS) is 15.6. The highest BCUT2D eigenvalue weighted by molar-refractivity contribution is 7.09. The lowest BCUT2D eigenvalue weighted by molar-refractivity contribution is -0.131. The average molecular weight is 471 g/mol. The van der Waals surface area contributed by atoms with E-state index in [4.69, 9.17) is 5.10 Å². The van der Waals surface area contributed by atoms with Gasteiger partial charge in [-0.2, -0.15) is 5.10 Å². The molecule has 0 N–H and O–H groups in total. The summed E-state index contributed by atoms with van der Waals surface area (Å²) >= 11 is 3.08. The topological polar surface area (TPSA) is 84.2 Å². The van der Waals surface area contributed by atoms with Gasteiger partial charge in [0, 0.05) is 55.1 Å². The molecule has 0 saturated heterocycles. The summed E-state index contributed by atoms with van der Waals surface area (Å²) in [5.41, 5.74) is 5.93. The van der Waals surface area contributed by atoms with E-state index in [9.17, 15) is 9.59 Å². The summed E-state index contributed by atoms with van der Waals surface area (Å²) in [4.78, 5) is 38.5. The minimum absolute atomic E-state index is 0.0464. The Morgan fingerprint density at radius 2 is 2.09 bits per heavy atom. The molecule has 2 amide bonds. The smallest absolute Gasteiger partial charge is 0.274 e. The van der Waals surface area contributed by atoms with Crippen LogP contribution in [-0.2, 0) is 37.3 Å². The van der Waals surface area contributed by atoms with Crippen LogP contribution in [0.25, 0.3) is 0 Å². The molecule has 1 aliphatic carbocycles. The minimum atomic E-state index is -0.117. The highest BCUT2D eigenvalue weighted by Crippen LogP contribution is 2.33. The van der Waals surface area contributed by atoms with Gasteiger partial charge in [-0.25, -0.2) is 9.97 Å². The lowest BCUT2D eigenvalue weighted by atomic mass is 10.0. The molecule has 1 saturated carbocycles. The van der Waals surface area contributed by atoms with Gasteiger partial charge in [-0.3, -0.25) is 14.3 Å². The summed E-state index contributed by atoms with van der Waals surface area (Å²) in [6, 6.07) is 0. The number of hydrogen-bond acceptors (Lipinski definition) is 7. The first kappa shape index (κ1) is 21.3. The number of rotatable bonds is 7. The number of fused-ring (bicyclic) bond motifs is 1. The molecule has 8 nitrogen and oxygen atoms in total. The number of thiazole rings is 2.